The first-order valence-corrected chi connectivity index (χ1v) is 5.93. The Bertz CT molecular complexity index is 182. The van der Waals surface area contributed by atoms with Crippen LogP contribution in [0.15, 0.2) is 0 Å². The molecular weight excluding hydrogens is 226 g/mol. The topological polar surface area (TPSA) is 52.3 Å². The van der Waals surface area contributed by atoms with Gasteiger partial charge in [-0.15, -0.1) is 12.4 Å². The number of rotatable bonds is 7. The third-order valence-electron chi connectivity index (χ3n) is 2.64. The summed E-state index contributed by atoms with van der Waals surface area (Å²) in [6.07, 6.45) is 2.79. The van der Waals surface area contributed by atoms with Gasteiger partial charge in [0, 0.05) is 0 Å². The average molecular weight is 252 g/mol. The number of nitrogens with two attached hydrogens (primary N) is 1. The van der Waals surface area contributed by atoms with E-state index < -0.39 is 6.04 Å². The normalized spacial score (nSPS) is 12.4. The molecule has 0 aromatic heterocycles. The van der Waals surface area contributed by atoms with E-state index in [0.717, 1.165) is 12.8 Å². The van der Waals surface area contributed by atoms with Gasteiger partial charge in [0.15, 0.2) is 0 Å². The van der Waals surface area contributed by atoms with Crippen LogP contribution in [0.5, 0.6) is 0 Å². The third kappa shape index (κ3) is 7.94. The van der Waals surface area contributed by atoms with E-state index in [2.05, 4.69) is 13.8 Å². The van der Waals surface area contributed by atoms with Crippen LogP contribution < -0.4 is 5.73 Å². The number of halogens is 1. The summed E-state index contributed by atoms with van der Waals surface area (Å²) < 4.78 is 5.18. The highest BCUT2D eigenvalue weighted by Crippen LogP contribution is 2.09. The maximum atomic E-state index is 11.5. The standard InChI is InChI=1S/C12H25NO2.ClH/c1-5-10(6-2)8-15-12(14)11(13)7-9(3)4;/h9-11H,5-8,13H2,1-4H3;1H/t11-;/m0./s1. The van der Waals surface area contributed by atoms with Gasteiger partial charge in [0.05, 0.1) is 6.61 Å². The molecule has 3 nitrogen and oxygen atoms in total. The van der Waals surface area contributed by atoms with Crippen LogP contribution in [0.3, 0.4) is 0 Å². The summed E-state index contributed by atoms with van der Waals surface area (Å²) in [4.78, 5) is 11.5. The van der Waals surface area contributed by atoms with Gasteiger partial charge in [0.25, 0.3) is 0 Å². The van der Waals surface area contributed by atoms with Crippen LogP contribution in [0.1, 0.15) is 47.0 Å². The fourth-order valence-corrected chi connectivity index (χ4v) is 1.44. The summed E-state index contributed by atoms with van der Waals surface area (Å²) in [5.74, 6) is 0.650. The number of hydrogen-bond donors (Lipinski definition) is 1. The highest BCUT2D eigenvalue weighted by Gasteiger charge is 2.17. The summed E-state index contributed by atoms with van der Waals surface area (Å²) >= 11 is 0. The second-order valence-corrected chi connectivity index (χ2v) is 4.55. The van der Waals surface area contributed by atoms with Crippen molar-refractivity contribution in [2.75, 3.05) is 6.61 Å². The first-order chi connectivity index (χ1) is 7.01. The summed E-state index contributed by atoms with van der Waals surface area (Å²) in [7, 11) is 0. The van der Waals surface area contributed by atoms with Crippen molar-refractivity contribution >= 4 is 18.4 Å². The van der Waals surface area contributed by atoms with Crippen LogP contribution in [0.4, 0.5) is 0 Å². The van der Waals surface area contributed by atoms with E-state index in [1.54, 1.807) is 0 Å². The molecule has 1 atom stereocenters. The molecule has 0 aromatic carbocycles. The van der Waals surface area contributed by atoms with Crippen molar-refractivity contribution in [3.8, 4) is 0 Å². The van der Waals surface area contributed by atoms with Gasteiger partial charge in [-0.1, -0.05) is 40.5 Å². The monoisotopic (exact) mass is 251 g/mol. The molecule has 16 heavy (non-hydrogen) atoms. The van der Waals surface area contributed by atoms with Crippen molar-refractivity contribution in [1.82, 2.24) is 0 Å². The number of carbonyl (C=O) groups excluding carboxylic acids is 1. The van der Waals surface area contributed by atoms with Gasteiger partial charge >= 0.3 is 5.97 Å². The van der Waals surface area contributed by atoms with Gasteiger partial charge in [-0.2, -0.15) is 0 Å². The molecule has 0 saturated heterocycles. The highest BCUT2D eigenvalue weighted by atomic mass is 35.5. The molecule has 0 spiro atoms. The molecule has 0 aromatic rings. The largest absolute Gasteiger partial charge is 0.464 e. The first-order valence-electron chi connectivity index (χ1n) is 5.93. The average Bonchev–Trinajstić information content (AvgIpc) is 2.18. The molecule has 4 heteroatoms. The maximum Gasteiger partial charge on any atom is 0.322 e. The summed E-state index contributed by atoms with van der Waals surface area (Å²) in [6.45, 7) is 8.83. The fraction of sp³-hybridized carbons (Fsp3) is 0.917. The van der Waals surface area contributed by atoms with Crippen LogP contribution >= 0.6 is 12.4 Å². The van der Waals surface area contributed by atoms with Crippen molar-refractivity contribution in [1.29, 1.82) is 0 Å². The summed E-state index contributed by atoms with van der Waals surface area (Å²) in [5.41, 5.74) is 5.71. The van der Waals surface area contributed by atoms with Crippen molar-refractivity contribution in [3.05, 3.63) is 0 Å². The van der Waals surface area contributed by atoms with Gasteiger partial charge in [-0.25, -0.2) is 0 Å². The molecule has 0 amide bonds. The Hall–Kier alpha value is -0.280. The van der Waals surface area contributed by atoms with Crippen molar-refractivity contribution in [2.24, 2.45) is 17.6 Å². The molecule has 0 saturated carbocycles. The lowest BCUT2D eigenvalue weighted by Gasteiger charge is -2.16. The molecule has 0 heterocycles. The third-order valence-corrected chi connectivity index (χ3v) is 2.64. The molecule has 0 aliphatic heterocycles. The van der Waals surface area contributed by atoms with Gasteiger partial charge in [-0.05, 0) is 18.3 Å². The number of hydrogen-bond acceptors (Lipinski definition) is 3. The molecule has 0 bridgehead atoms. The lowest BCUT2D eigenvalue weighted by Crippen LogP contribution is -2.34. The fourth-order valence-electron chi connectivity index (χ4n) is 1.44. The number of carbonyl (C=O) groups is 1. The van der Waals surface area contributed by atoms with Crippen molar-refractivity contribution in [3.63, 3.8) is 0 Å². The SMILES string of the molecule is CCC(CC)COC(=O)[C@@H](N)CC(C)C.Cl. The zero-order chi connectivity index (χ0) is 11.8. The Morgan fingerprint density at radius 1 is 1.25 bits per heavy atom. The Balaban J connectivity index is 0. The van der Waals surface area contributed by atoms with Crippen LogP contribution in [-0.2, 0) is 9.53 Å². The Labute approximate surface area is 106 Å². The first kappa shape index (κ1) is 18.1. The number of ether oxygens (including phenoxy) is 1. The Morgan fingerprint density at radius 2 is 1.75 bits per heavy atom. The molecular formula is C12H26ClNO2. The van der Waals surface area contributed by atoms with E-state index >= 15 is 0 Å². The molecule has 0 unspecified atom stereocenters. The predicted octanol–water partition coefficient (Wildman–Crippen LogP) is 2.76. The molecule has 0 rings (SSSR count). The summed E-state index contributed by atoms with van der Waals surface area (Å²) in [5, 5.41) is 0. The van der Waals surface area contributed by atoms with Gasteiger partial charge in [-0.3, -0.25) is 4.79 Å². The minimum atomic E-state index is -0.459. The number of esters is 1. The second kappa shape index (κ2) is 9.91. The van der Waals surface area contributed by atoms with Gasteiger partial charge in [0.2, 0.25) is 0 Å². The minimum Gasteiger partial charge on any atom is -0.464 e. The van der Waals surface area contributed by atoms with E-state index in [1.165, 1.54) is 0 Å². The molecule has 2 N–H and O–H groups in total. The lowest BCUT2D eigenvalue weighted by atomic mass is 10.0. The van der Waals surface area contributed by atoms with Crippen LogP contribution in [0.25, 0.3) is 0 Å². The highest BCUT2D eigenvalue weighted by molar-refractivity contribution is 5.85. The molecule has 0 fully saturated rings. The maximum absolute atomic E-state index is 11.5. The van der Waals surface area contributed by atoms with E-state index in [-0.39, 0.29) is 18.4 Å². The molecule has 0 radical (unpaired) electrons. The smallest absolute Gasteiger partial charge is 0.322 e. The van der Waals surface area contributed by atoms with Gasteiger partial charge in [0.1, 0.15) is 6.04 Å². The van der Waals surface area contributed by atoms with Crippen LogP contribution in [0, 0.1) is 11.8 Å². The van der Waals surface area contributed by atoms with Crippen LogP contribution in [-0.4, -0.2) is 18.6 Å². The van der Waals surface area contributed by atoms with Crippen molar-refractivity contribution in [2.45, 2.75) is 53.0 Å². The summed E-state index contributed by atoms with van der Waals surface area (Å²) in [6, 6.07) is -0.459. The van der Waals surface area contributed by atoms with E-state index in [9.17, 15) is 4.79 Å². The van der Waals surface area contributed by atoms with Crippen molar-refractivity contribution < 1.29 is 9.53 Å². The van der Waals surface area contributed by atoms with E-state index in [4.69, 9.17) is 10.5 Å². The van der Waals surface area contributed by atoms with Crippen LogP contribution in [0.2, 0.25) is 0 Å². The quantitative estimate of drug-likeness (QED) is 0.708. The second-order valence-electron chi connectivity index (χ2n) is 4.55. The Morgan fingerprint density at radius 3 is 2.12 bits per heavy atom. The van der Waals surface area contributed by atoms with E-state index in [1.807, 2.05) is 13.8 Å². The zero-order valence-electron chi connectivity index (χ0n) is 10.9. The zero-order valence-corrected chi connectivity index (χ0v) is 11.7. The van der Waals surface area contributed by atoms with E-state index in [0.29, 0.717) is 24.9 Å². The van der Waals surface area contributed by atoms with Gasteiger partial charge < -0.3 is 10.5 Å². The molecule has 0 aliphatic carbocycles. The lowest BCUT2D eigenvalue weighted by molar-refractivity contribution is -0.147. The Kier molecular flexibility index (Phi) is 11.2. The minimum absolute atomic E-state index is 0. The molecule has 0 aliphatic rings. The molecule has 98 valence electrons. The predicted molar refractivity (Wildman–Crippen MR) is 69.7 cm³/mol.